The summed E-state index contributed by atoms with van der Waals surface area (Å²) in [5.41, 5.74) is 0.0515. The van der Waals surface area contributed by atoms with Crippen LogP contribution in [0.4, 0.5) is 8.78 Å². The molecule has 1 heterocycles. The highest BCUT2D eigenvalue weighted by atomic mass is 35.7. The molecule has 1 aliphatic heterocycles. The predicted octanol–water partition coefficient (Wildman–Crippen LogP) is 1.83. The number of rotatable bonds is 1. The lowest BCUT2D eigenvalue weighted by Gasteiger charge is -2.05. The summed E-state index contributed by atoms with van der Waals surface area (Å²) in [4.78, 5) is -1.10. The Morgan fingerprint density at radius 2 is 2.07 bits per heavy atom. The fourth-order valence-corrected chi connectivity index (χ4v) is 2.52. The van der Waals surface area contributed by atoms with E-state index in [1.807, 2.05) is 0 Å². The first-order valence-corrected chi connectivity index (χ1v) is 6.30. The number of ether oxygens (including phenoxy) is 1. The third kappa shape index (κ3) is 1.68. The van der Waals surface area contributed by atoms with Crippen LogP contribution in [0.15, 0.2) is 11.0 Å². The largest absolute Gasteiger partial charge is 0.493 e. The Morgan fingerprint density at radius 3 is 2.67 bits per heavy atom. The summed E-state index contributed by atoms with van der Waals surface area (Å²) in [6.07, 6.45) is 0.209. The van der Waals surface area contributed by atoms with Gasteiger partial charge in [-0.3, -0.25) is 0 Å². The molecule has 0 aliphatic carbocycles. The van der Waals surface area contributed by atoms with Crippen molar-refractivity contribution in [2.45, 2.75) is 11.3 Å². The Balaban J connectivity index is 2.78. The molecule has 0 radical (unpaired) electrons. The summed E-state index contributed by atoms with van der Waals surface area (Å²) in [6, 6.07) is 0.834. The molecular formula is C8H5ClF2O3S. The molecule has 0 atom stereocenters. The van der Waals surface area contributed by atoms with E-state index in [1.165, 1.54) is 0 Å². The fraction of sp³-hybridized carbons (Fsp3) is 0.250. The molecule has 0 bridgehead atoms. The molecule has 0 saturated carbocycles. The van der Waals surface area contributed by atoms with Gasteiger partial charge in [-0.2, -0.15) is 0 Å². The van der Waals surface area contributed by atoms with Crippen LogP contribution in [0.5, 0.6) is 5.75 Å². The normalized spacial score (nSPS) is 14.9. The Morgan fingerprint density at radius 1 is 1.40 bits per heavy atom. The first-order chi connectivity index (χ1) is 6.91. The Bertz CT molecular complexity index is 527. The van der Waals surface area contributed by atoms with Crippen LogP contribution < -0.4 is 4.74 Å². The van der Waals surface area contributed by atoms with Crippen molar-refractivity contribution in [3.63, 3.8) is 0 Å². The molecule has 0 unspecified atom stereocenters. The lowest BCUT2D eigenvalue weighted by Crippen LogP contribution is -2.02. The SMILES string of the molecule is O=S(=O)(Cl)c1c(F)cc2c(c1F)CCO2. The Labute approximate surface area is 89.0 Å². The smallest absolute Gasteiger partial charge is 0.267 e. The van der Waals surface area contributed by atoms with Crippen LogP contribution in [-0.4, -0.2) is 15.0 Å². The van der Waals surface area contributed by atoms with Crippen molar-refractivity contribution in [3.05, 3.63) is 23.3 Å². The molecule has 0 aromatic heterocycles. The maximum atomic E-state index is 13.5. The second-order valence-electron chi connectivity index (χ2n) is 3.01. The zero-order valence-corrected chi connectivity index (χ0v) is 8.83. The van der Waals surface area contributed by atoms with Crippen molar-refractivity contribution in [3.8, 4) is 5.75 Å². The zero-order chi connectivity index (χ0) is 11.2. The summed E-state index contributed by atoms with van der Waals surface area (Å²) in [6.45, 7) is 0.206. The van der Waals surface area contributed by atoms with E-state index in [4.69, 9.17) is 15.4 Å². The van der Waals surface area contributed by atoms with Crippen LogP contribution in [0.3, 0.4) is 0 Å². The van der Waals surface area contributed by atoms with Gasteiger partial charge in [0.05, 0.1) is 6.61 Å². The number of hydrogen-bond donors (Lipinski definition) is 0. The molecule has 2 rings (SSSR count). The van der Waals surface area contributed by atoms with Crippen LogP contribution in [0.1, 0.15) is 5.56 Å². The lowest BCUT2D eigenvalue weighted by molar-refractivity contribution is 0.354. The van der Waals surface area contributed by atoms with E-state index in [9.17, 15) is 17.2 Å². The molecular weight excluding hydrogens is 250 g/mol. The van der Waals surface area contributed by atoms with Gasteiger partial charge in [0, 0.05) is 28.7 Å². The average Bonchev–Trinajstić information content (AvgIpc) is 2.48. The summed E-state index contributed by atoms with van der Waals surface area (Å²) >= 11 is 0. The van der Waals surface area contributed by atoms with Gasteiger partial charge in [0.2, 0.25) is 0 Å². The molecule has 7 heteroatoms. The van der Waals surface area contributed by atoms with E-state index in [2.05, 4.69) is 0 Å². The molecule has 15 heavy (non-hydrogen) atoms. The maximum Gasteiger partial charge on any atom is 0.267 e. The first-order valence-electron chi connectivity index (χ1n) is 3.99. The minimum Gasteiger partial charge on any atom is -0.493 e. The molecule has 0 N–H and O–H groups in total. The molecule has 1 aromatic rings. The highest BCUT2D eigenvalue weighted by Crippen LogP contribution is 2.34. The number of benzene rings is 1. The van der Waals surface area contributed by atoms with Crippen LogP contribution in [0.25, 0.3) is 0 Å². The molecule has 0 amide bonds. The van der Waals surface area contributed by atoms with Crippen molar-refractivity contribution in [1.82, 2.24) is 0 Å². The van der Waals surface area contributed by atoms with Gasteiger partial charge in [0.15, 0.2) is 10.7 Å². The molecule has 82 valence electrons. The topological polar surface area (TPSA) is 43.4 Å². The van der Waals surface area contributed by atoms with Crippen molar-refractivity contribution in [2.24, 2.45) is 0 Å². The quantitative estimate of drug-likeness (QED) is 0.718. The van der Waals surface area contributed by atoms with Crippen LogP contribution >= 0.6 is 10.7 Å². The van der Waals surface area contributed by atoms with E-state index in [1.54, 1.807) is 0 Å². The average molecular weight is 255 g/mol. The van der Waals surface area contributed by atoms with Gasteiger partial charge in [-0.05, 0) is 0 Å². The van der Waals surface area contributed by atoms with E-state index in [0.717, 1.165) is 6.07 Å². The maximum absolute atomic E-state index is 13.5. The number of hydrogen-bond acceptors (Lipinski definition) is 3. The second kappa shape index (κ2) is 3.31. The van der Waals surface area contributed by atoms with Gasteiger partial charge < -0.3 is 4.74 Å². The second-order valence-corrected chi connectivity index (χ2v) is 5.52. The van der Waals surface area contributed by atoms with Gasteiger partial charge in [-0.15, -0.1) is 0 Å². The highest BCUT2D eigenvalue weighted by Gasteiger charge is 2.29. The minimum atomic E-state index is -4.42. The van der Waals surface area contributed by atoms with Gasteiger partial charge >= 0.3 is 0 Å². The van der Waals surface area contributed by atoms with Crippen LogP contribution in [0, 0.1) is 11.6 Å². The molecule has 0 saturated heterocycles. The summed E-state index contributed by atoms with van der Waals surface area (Å²) < 4.78 is 53.5. The third-order valence-corrected chi connectivity index (χ3v) is 3.41. The van der Waals surface area contributed by atoms with Crippen molar-refractivity contribution in [2.75, 3.05) is 6.61 Å². The van der Waals surface area contributed by atoms with Gasteiger partial charge in [-0.25, -0.2) is 17.2 Å². The number of fused-ring (bicyclic) bond motifs is 1. The lowest BCUT2D eigenvalue weighted by atomic mass is 10.1. The number of halogens is 3. The van der Waals surface area contributed by atoms with Gasteiger partial charge in [-0.1, -0.05) is 0 Å². The predicted molar refractivity (Wildman–Crippen MR) is 48.6 cm³/mol. The van der Waals surface area contributed by atoms with Crippen molar-refractivity contribution in [1.29, 1.82) is 0 Å². The molecule has 1 aliphatic rings. The first kappa shape index (κ1) is 10.6. The summed E-state index contributed by atoms with van der Waals surface area (Å²) in [7, 11) is 0.503. The Kier molecular flexibility index (Phi) is 2.35. The fourth-order valence-electron chi connectivity index (χ4n) is 1.47. The summed E-state index contributed by atoms with van der Waals surface area (Å²) in [5.74, 6) is -2.35. The molecule has 0 fully saturated rings. The molecule has 0 spiro atoms. The minimum absolute atomic E-state index is 0.0362. The van der Waals surface area contributed by atoms with Crippen molar-refractivity contribution < 1.29 is 21.9 Å². The molecule has 1 aromatic carbocycles. The third-order valence-electron chi connectivity index (χ3n) is 2.09. The standard InChI is InChI=1S/C8H5ClF2O3S/c9-15(12,13)8-5(10)3-6-4(7(8)11)1-2-14-6/h3H,1-2H2. The van der Waals surface area contributed by atoms with E-state index < -0.39 is 25.6 Å². The zero-order valence-electron chi connectivity index (χ0n) is 7.26. The monoisotopic (exact) mass is 254 g/mol. The van der Waals surface area contributed by atoms with Gasteiger partial charge in [0.25, 0.3) is 9.05 Å². The van der Waals surface area contributed by atoms with Crippen LogP contribution in [0.2, 0.25) is 0 Å². The molecule has 3 nitrogen and oxygen atoms in total. The Hall–Kier alpha value is -0.880. The summed E-state index contributed by atoms with van der Waals surface area (Å²) in [5, 5.41) is 0. The van der Waals surface area contributed by atoms with Gasteiger partial charge in [0.1, 0.15) is 11.6 Å². The van der Waals surface area contributed by atoms with Crippen LogP contribution in [-0.2, 0) is 15.5 Å². The highest BCUT2D eigenvalue weighted by molar-refractivity contribution is 8.13. The van der Waals surface area contributed by atoms with Crippen molar-refractivity contribution >= 4 is 19.7 Å². The van der Waals surface area contributed by atoms with E-state index in [0.29, 0.717) is 0 Å². The van der Waals surface area contributed by atoms with E-state index >= 15 is 0 Å². The van der Waals surface area contributed by atoms with E-state index in [-0.39, 0.29) is 24.3 Å².